The Kier molecular flexibility index (Phi) is 6.16. The topological polar surface area (TPSA) is 81.4 Å². The molecule has 0 bridgehead atoms. The summed E-state index contributed by atoms with van der Waals surface area (Å²) < 4.78 is 5.97. The van der Waals surface area contributed by atoms with Crippen LogP contribution in [0, 0.1) is 5.92 Å². The molecule has 3 N–H and O–H groups in total. The minimum atomic E-state index is -0.656. The highest BCUT2D eigenvalue weighted by Crippen LogP contribution is 2.31. The maximum Gasteiger partial charge on any atom is 0.340 e. The number of ether oxygens (including phenoxy) is 1. The van der Waals surface area contributed by atoms with Crippen molar-refractivity contribution >= 4 is 49.4 Å². The first-order chi connectivity index (χ1) is 9.27. The number of carbonyl (C=O) groups is 2. The Morgan fingerprint density at radius 1 is 1.30 bits per heavy atom. The van der Waals surface area contributed by atoms with Crippen LogP contribution in [0.4, 0.5) is 5.69 Å². The fourth-order valence-corrected chi connectivity index (χ4v) is 2.81. The Labute approximate surface area is 134 Å². The highest BCUT2D eigenvalue weighted by atomic mass is 79.9. The molecule has 0 aromatic heterocycles. The molecule has 1 aromatic carbocycles. The zero-order chi connectivity index (χ0) is 15.4. The normalized spacial score (nSPS) is 12.2. The first kappa shape index (κ1) is 17.1. The molecule has 0 aliphatic carbocycles. The molecule has 1 atom stereocenters. The summed E-state index contributed by atoms with van der Waals surface area (Å²) in [6, 6.07) is 2.65. The van der Waals surface area contributed by atoms with Crippen LogP contribution >= 0.6 is 31.9 Å². The summed E-state index contributed by atoms with van der Waals surface area (Å²) in [6.45, 7) is 3.70. The maximum atomic E-state index is 12.0. The van der Waals surface area contributed by atoms with E-state index >= 15 is 0 Å². The Bertz CT molecular complexity index is 533. The number of nitrogens with two attached hydrogens (primary N) is 1. The summed E-state index contributed by atoms with van der Waals surface area (Å²) in [5, 5.41) is 2.67. The highest BCUT2D eigenvalue weighted by Gasteiger charge is 2.22. The van der Waals surface area contributed by atoms with Gasteiger partial charge in [-0.15, -0.1) is 0 Å². The predicted molar refractivity (Wildman–Crippen MR) is 84.6 cm³/mol. The molecule has 20 heavy (non-hydrogen) atoms. The third-order valence-electron chi connectivity index (χ3n) is 2.73. The van der Waals surface area contributed by atoms with Crippen molar-refractivity contribution in [1.29, 1.82) is 0 Å². The lowest BCUT2D eigenvalue weighted by Crippen LogP contribution is -2.40. The van der Waals surface area contributed by atoms with Crippen LogP contribution in [0.5, 0.6) is 0 Å². The Hall–Kier alpha value is -0.920. The van der Waals surface area contributed by atoms with Crippen LogP contribution in [-0.2, 0) is 9.53 Å². The molecule has 1 aromatic rings. The molecule has 0 aliphatic heterocycles. The van der Waals surface area contributed by atoms with Gasteiger partial charge in [0.15, 0.2) is 0 Å². The summed E-state index contributed by atoms with van der Waals surface area (Å²) in [5.41, 5.74) is 6.39. The van der Waals surface area contributed by atoms with E-state index in [1.54, 1.807) is 12.1 Å². The van der Waals surface area contributed by atoms with Crippen LogP contribution in [0.15, 0.2) is 21.1 Å². The molecule has 0 saturated carbocycles. The summed E-state index contributed by atoms with van der Waals surface area (Å²) in [6.07, 6.45) is 0. The van der Waals surface area contributed by atoms with E-state index in [1.807, 2.05) is 13.8 Å². The van der Waals surface area contributed by atoms with Crippen molar-refractivity contribution in [3.63, 3.8) is 0 Å². The van der Waals surface area contributed by atoms with Gasteiger partial charge in [0.1, 0.15) is 0 Å². The SMILES string of the molecule is COC(=O)c1cc(Br)cc(Br)c1NC(=O)[C@@H](N)C(C)C. The minimum absolute atomic E-state index is 0.00852. The zero-order valence-corrected chi connectivity index (χ0v) is 14.5. The van der Waals surface area contributed by atoms with Crippen molar-refractivity contribution in [3.05, 3.63) is 26.6 Å². The van der Waals surface area contributed by atoms with E-state index in [2.05, 4.69) is 37.2 Å². The summed E-state index contributed by atoms with van der Waals surface area (Å²) in [4.78, 5) is 23.8. The molecule has 0 aliphatic rings. The number of carbonyl (C=O) groups excluding carboxylic acids is 2. The van der Waals surface area contributed by atoms with Gasteiger partial charge in [0.05, 0.1) is 24.4 Å². The summed E-state index contributed by atoms with van der Waals surface area (Å²) >= 11 is 6.60. The standard InChI is InChI=1S/C13H16Br2N2O3/c1-6(2)10(16)12(18)17-11-8(13(19)20-3)4-7(14)5-9(11)15/h4-6,10H,16H2,1-3H3,(H,17,18)/t10-/m0/s1. The van der Waals surface area contributed by atoms with Gasteiger partial charge in [-0.1, -0.05) is 29.8 Å². The van der Waals surface area contributed by atoms with E-state index in [4.69, 9.17) is 10.5 Å². The second kappa shape index (κ2) is 7.19. The minimum Gasteiger partial charge on any atom is -0.465 e. The van der Waals surface area contributed by atoms with E-state index in [0.717, 1.165) is 0 Å². The van der Waals surface area contributed by atoms with Gasteiger partial charge in [-0.3, -0.25) is 4.79 Å². The van der Waals surface area contributed by atoms with Crippen LogP contribution < -0.4 is 11.1 Å². The zero-order valence-electron chi connectivity index (χ0n) is 11.4. The number of amides is 1. The van der Waals surface area contributed by atoms with E-state index in [1.165, 1.54) is 7.11 Å². The van der Waals surface area contributed by atoms with Crippen LogP contribution in [-0.4, -0.2) is 25.0 Å². The molecule has 0 spiro atoms. The van der Waals surface area contributed by atoms with E-state index in [0.29, 0.717) is 14.6 Å². The molecular formula is C13H16Br2N2O3. The van der Waals surface area contributed by atoms with Gasteiger partial charge in [-0.2, -0.15) is 0 Å². The lowest BCUT2D eigenvalue weighted by molar-refractivity contribution is -0.118. The summed E-state index contributed by atoms with van der Waals surface area (Å²) in [7, 11) is 1.28. The second-order valence-electron chi connectivity index (χ2n) is 4.56. The van der Waals surface area contributed by atoms with Crippen molar-refractivity contribution in [3.8, 4) is 0 Å². The third kappa shape index (κ3) is 4.04. The molecule has 7 heteroatoms. The Balaban J connectivity index is 3.17. The van der Waals surface area contributed by atoms with Gasteiger partial charge in [-0.05, 0) is 34.0 Å². The number of rotatable bonds is 4. The van der Waals surface area contributed by atoms with Crippen LogP contribution in [0.2, 0.25) is 0 Å². The first-order valence-corrected chi connectivity index (χ1v) is 7.50. The maximum absolute atomic E-state index is 12.0. The van der Waals surface area contributed by atoms with E-state index in [-0.39, 0.29) is 17.4 Å². The average molecular weight is 408 g/mol. The van der Waals surface area contributed by atoms with Crippen LogP contribution in [0.25, 0.3) is 0 Å². The van der Waals surface area contributed by atoms with Crippen molar-refractivity contribution in [2.75, 3.05) is 12.4 Å². The predicted octanol–water partition coefficient (Wildman–Crippen LogP) is 2.92. The number of methoxy groups -OCH3 is 1. The molecule has 1 rings (SSSR count). The molecular weight excluding hydrogens is 392 g/mol. The number of halogens is 2. The smallest absolute Gasteiger partial charge is 0.340 e. The number of hydrogen-bond donors (Lipinski definition) is 2. The number of benzene rings is 1. The van der Waals surface area contributed by atoms with Gasteiger partial charge in [0.2, 0.25) is 5.91 Å². The van der Waals surface area contributed by atoms with Gasteiger partial charge >= 0.3 is 5.97 Å². The average Bonchev–Trinajstić information content (AvgIpc) is 2.39. The van der Waals surface area contributed by atoms with Crippen LogP contribution in [0.3, 0.4) is 0 Å². The fourth-order valence-electron chi connectivity index (χ4n) is 1.48. The third-order valence-corrected chi connectivity index (χ3v) is 3.81. The van der Waals surface area contributed by atoms with Gasteiger partial charge in [0, 0.05) is 8.95 Å². The van der Waals surface area contributed by atoms with E-state index in [9.17, 15) is 9.59 Å². The van der Waals surface area contributed by atoms with Gasteiger partial charge in [-0.25, -0.2) is 4.79 Å². The lowest BCUT2D eigenvalue weighted by atomic mass is 10.0. The highest BCUT2D eigenvalue weighted by molar-refractivity contribution is 9.11. The Morgan fingerprint density at radius 2 is 1.90 bits per heavy atom. The van der Waals surface area contributed by atoms with E-state index < -0.39 is 12.0 Å². The fraction of sp³-hybridized carbons (Fsp3) is 0.385. The largest absolute Gasteiger partial charge is 0.465 e. The number of nitrogens with one attached hydrogen (secondary N) is 1. The number of anilines is 1. The van der Waals surface area contributed by atoms with Crippen molar-refractivity contribution in [2.45, 2.75) is 19.9 Å². The molecule has 5 nitrogen and oxygen atoms in total. The second-order valence-corrected chi connectivity index (χ2v) is 6.33. The quantitative estimate of drug-likeness (QED) is 0.751. The molecule has 0 saturated heterocycles. The van der Waals surface area contributed by atoms with Gasteiger partial charge in [0.25, 0.3) is 0 Å². The van der Waals surface area contributed by atoms with Crippen LogP contribution in [0.1, 0.15) is 24.2 Å². The molecule has 0 fully saturated rings. The summed E-state index contributed by atoms with van der Waals surface area (Å²) in [5.74, 6) is -0.903. The van der Waals surface area contributed by atoms with Crippen molar-refractivity contribution < 1.29 is 14.3 Å². The lowest BCUT2D eigenvalue weighted by Gasteiger charge is -2.18. The molecule has 1 amide bonds. The van der Waals surface area contributed by atoms with Gasteiger partial charge < -0.3 is 15.8 Å². The Morgan fingerprint density at radius 3 is 2.40 bits per heavy atom. The first-order valence-electron chi connectivity index (χ1n) is 5.91. The molecule has 0 radical (unpaired) electrons. The molecule has 0 unspecified atom stereocenters. The monoisotopic (exact) mass is 406 g/mol. The number of hydrogen-bond acceptors (Lipinski definition) is 4. The van der Waals surface area contributed by atoms with Crippen molar-refractivity contribution in [2.24, 2.45) is 11.7 Å². The number of esters is 1. The molecule has 0 heterocycles. The molecule has 110 valence electrons. The van der Waals surface area contributed by atoms with Crippen molar-refractivity contribution in [1.82, 2.24) is 0 Å².